The predicted molar refractivity (Wildman–Crippen MR) is 167 cm³/mol. The molecule has 13 nitrogen and oxygen atoms in total. The van der Waals surface area contributed by atoms with Gasteiger partial charge in [-0.05, 0) is 41.0 Å². The molecule has 4 unspecified atom stereocenters. The first-order chi connectivity index (χ1) is 22.1. The molecule has 4 aromatic rings. The van der Waals surface area contributed by atoms with Gasteiger partial charge in [0.25, 0.3) is 0 Å². The highest BCUT2D eigenvalue weighted by molar-refractivity contribution is 5.94. The predicted octanol–water partition coefficient (Wildman–Crippen LogP) is 0.958. The van der Waals surface area contributed by atoms with Gasteiger partial charge in [-0.2, -0.15) is 0 Å². The molecule has 0 radical (unpaired) electrons. The van der Waals surface area contributed by atoms with Crippen LogP contribution in [0.1, 0.15) is 22.4 Å². The van der Waals surface area contributed by atoms with Crippen molar-refractivity contribution in [1.29, 1.82) is 0 Å². The topological polar surface area (TPSA) is 220 Å². The second-order valence-corrected chi connectivity index (χ2v) is 10.8. The number of nitrogens with zero attached hydrogens (tertiary/aromatic N) is 1. The van der Waals surface area contributed by atoms with Gasteiger partial charge in [0.1, 0.15) is 29.6 Å². The van der Waals surface area contributed by atoms with Gasteiger partial charge < -0.3 is 42.0 Å². The molecule has 3 aromatic carbocycles. The Morgan fingerprint density at radius 2 is 1.11 bits per heavy atom. The zero-order valence-corrected chi connectivity index (χ0v) is 24.8. The van der Waals surface area contributed by atoms with Crippen molar-refractivity contribution in [3.63, 3.8) is 0 Å². The smallest absolute Gasteiger partial charge is 0.326 e. The standard InChI is InChI=1S/C33H36N6O7/c34-26(17-23-18-35-19-36-23)30(42)37-27(14-20-4-2-1-3-5-20)31(43)38-28(15-21-6-10-24(40)11-7-21)32(44)39-29(33(45)46)16-22-8-12-25(41)13-9-22/h1-13,18-19,26-29,40-41H,14-17,34H2,(H,35,36)(H,37,42)(H,38,43)(H,39,44)(H,45,46). The average Bonchev–Trinajstić information content (AvgIpc) is 3.55. The maximum Gasteiger partial charge on any atom is 0.326 e. The molecule has 46 heavy (non-hydrogen) atoms. The SMILES string of the molecule is NC(Cc1cnc[nH]1)C(=O)NC(Cc1ccccc1)C(=O)NC(Cc1ccc(O)cc1)C(=O)NC(Cc1ccc(O)cc1)C(=O)O. The fourth-order valence-corrected chi connectivity index (χ4v) is 4.75. The van der Waals surface area contributed by atoms with Crippen LogP contribution in [0, 0.1) is 0 Å². The van der Waals surface area contributed by atoms with E-state index < -0.39 is 47.9 Å². The van der Waals surface area contributed by atoms with E-state index in [0.717, 1.165) is 5.56 Å². The summed E-state index contributed by atoms with van der Waals surface area (Å²) >= 11 is 0. The molecule has 0 spiro atoms. The first kappa shape index (κ1) is 33.2. The number of amides is 3. The van der Waals surface area contributed by atoms with Crippen LogP contribution in [0.4, 0.5) is 0 Å². The minimum Gasteiger partial charge on any atom is -0.508 e. The number of phenolic OH excluding ortho intramolecular Hbond substituents is 2. The first-order valence-corrected chi connectivity index (χ1v) is 14.5. The largest absolute Gasteiger partial charge is 0.508 e. The number of nitrogens with one attached hydrogen (secondary N) is 4. The Kier molecular flexibility index (Phi) is 11.5. The second kappa shape index (κ2) is 15.9. The number of benzene rings is 3. The van der Waals surface area contributed by atoms with Crippen LogP contribution in [0.2, 0.25) is 0 Å². The van der Waals surface area contributed by atoms with E-state index in [0.29, 0.717) is 16.8 Å². The van der Waals surface area contributed by atoms with Gasteiger partial charge in [-0.15, -0.1) is 0 Å². The number of hydrogen-bond donors (Lipinski definition) is 8. The molecule has 0 fully saturated rings. The van der Waals surface area contributed by atoms with E-state index in [-0.39, 0.29) is 37.2 Å². The number of aromatic hydroxyl groups is 2. The van der Waals surface area contributed by atoms with Crippen molar-refractivity contribution >= 4 is 23.7 Å². The number of aromatic amines is 1. The molecule has 0 bridgehead atoms. The highest BCUT2D eigenvalue weighted by Crippen LogP contribution is 2.14. The van der Waals surface area contributed by atoms with Gasteiger partial charge in [0, 0.05) is 37.6 Å². The number of hydrogen-bond acceptors (Lipinski definition) is 8. The van der Waals surface area contributed by atoms with Crippen LogP contribution in [-0.4, -0.2) is 73.1 Å². The first-order valence-electron chi connectivity index (χ1n) is 14.5. The Balaban J connectivity index is 1.55. The molecule has 3 amide bonds. The van der Waals surface area contributed by atoms with Gasteiger partial charge >= 0.3 is 5.97 Å². The second-order valence-electron chi connectivity index (χ2n) is 10.8. The lowest BCUT2D eigenvalue weighted by Gasteiger charge is -2.25. The molecule has 4 rings (SSSR count). The molecule has 13 heteroatoms. The van der Waals surface area contributed by atoms with E-state index in [1.54, 1.807) is 54.7 Å². The lowest BCUT2D eigenvalue weighted by Crippen LogP contribution is -2.58. The third-order valence-electron chi connectivity index (χ3n) is 7.25. The van der Waals surface area contributed by atoms with Crippen molar-refractivity contribution in [1.82, 2.24) is 25.9 Å². The van der Waals surface area contributed by atoms with Crippen molar-refractivity contribution in [2.75, 3.05) is 0 Å². The summed E-state index contributed by atoms with van der Waals surface area (Å²) in [7, 11) is 0. The van der Waals surface area contributed by atoms with Gasteiger partial charge in [-0.3, -0.25) is 14.4 Å². The molecule has 1 heterocycles. The molecule has 0 aliphatic carbocycles. The molecule has 9 N–H and O–H groups in total. The molecular formula is C33H36N6O7. The van der Waals surface area contributed by atoms with Crippen molar-refractivity contribution < 1.29 is 34.5 Å². The highest BCUT2D eigenvalue weighted by atomic mass is 16.4. The van der Waals surface area contributed by atoms with Crippen molar-refractivity contribution in [3.05, 3.63) is 114 Å². The van der Waals surface area contributed by atoms with Crippen LogP contribution in [0.25, 0.3) is 0 Å². The van der Waals surface area contributed by atoms with Gasteiger partial charge in [-0.25, -0.2) is 9.78 Å². The maximum atomic E-state index is 13.8. The van der Waals surface area contributed by atoms with Crippen LogP contribution in [0.15, 0.2) is 91.4 Å². The summed E-state index contributed by atoms with van der Waals surface area (Å²) in [6, 6.07) is 16.1. The summed E-state index contributed by atoms with van der Waals surface area (Å²) < 4.78 is 0. The Labute approximate surface area is 264 Å². The quantitative estimate of drug-likeness (QED) is 0.0938. The van der Waals surface area contributed by atoms with Crippen molar-refractivity contribution in [3.8, 4) is 11.5 Å². The Hall–Kier alpha value is -5.69. The summed E-state index contributed by atoms with van der Waals surface area (Å²) in [5.74, 6) is -3.33. The number of H-pyrrole nitrogens is 1. The van der Waals surface area contributed by atoms with Gasteiger partial charge in [0.05, 0.1) is 12.4 Å². The molecule has 0 saturated carbocycles. The summed E-state index contributed by atoms with van der Waals surface area (Å²) in [4.78, 5) is 59.4. The number of phenols is 2. The maximum absolute atomic E-state index is 13.8. The summed E-state index contributed by atoms with van der Waals surface area (Å²) in [5, 5.41) is 37.1. The summed E-state index contributed by atoms with van der Waals surface area (Å²) in [6.45, 7) is 0. The van der Waals surface area contributed by atoms with Crippen molar-refractivity contribution in [2.45, 2.75) is 49.9 Å². The van der Waals surface area contributed by atoms with Crippen molar-refractivity contribution in [2.24, 2.45) is 5.73 Å². The van der Waals surface area contributed by atoms with E-state index in [1.807, 2.05) is 6.07 Å². The number of aliphatic carboxylic acids is 1. The summed E-state index contributed by atoms with van der Waals surface area (Å²) in [6.07, 6.45) is 3.11. The lowest BCUT2D eigenvalue weighted by molar-refractivity contribution is -0.142. The van der Waals surface area contributed by atoms with E-state index in [2.05, 4.69) is 25.9 Å². The number of carbonyl (C=O) groups is 4. The molecule has 1 aromatic heterocycles. The van der Waals surface area contributed by atoms with Crippen LogP contribution in [0.3, 0.4) is 0 Å². The van der Waals surface area contributed by atoms with Gasteiger partial charge in [-0.1, -0.05) is 54.6 Å². The molecule has 0 aliphatic heterocycles. The molecule has 0 saturated heterocycles. The van der Waals surface area contributed by atoms with E-state index >= 15 is 0 Å². The molecule has 4 atom stereocenters. The number of carboxylic acids is 1. The highest BCUT2D eigenvalue weighted by Gasteiger charge is 2.31. The van der Waals surface area contributed by atoms with Crippen LogP contribution < -0.4 is 21.7 Å². The number of rotatable bonds is 15. The van der Waals surface area contributed by atoms with E-state index in [4.69, 9.17) is 5.73 Å². The minimum atomic E-state index is -1.35. The zero-order valence-electron chi connectivity index (χ0n) is 24.8. The fraction of sp³-hybridized carbons (Fsp3) is 0.242. The lowest BCUT2D eigenvalue weighted by atomic mass is 10.0. The number of nitrogens with two attached hydrogens (primary N) is 1. The van der Waals surface area contributed by atoms with Crippen LogP contribution >= 0.6 is 0 Å². The summed E-state index contributed by atoms with van der Waals surface area (Å²) in [5.41, 5.74) is 8.64. The van der Waals surface area contributed by atoms with Crippen LogP contribution in [0.5, 0.6) is 11.5 Å². The van der Waals surface area contributed by atoms with E-state index in [1.165, 1.54) is 30.6 Å². The minimum absolute atomic E-state index is 0.00531. The number of imidazole rings is 1. The Bertz CT molecular complexity index is 1600. The Morgan fingerprint density at radius 3 is 1.59 bits per heavy atom. The fourth-order valence-electron chi connectivity index (χ4n) is 4.75. The third kappa shape index (κ3) is 9.92. The van der Waals surface area contributed by atoms with E-state index in [9.17, 15) is 34.5 Å². The third-order valence-corrected chi connectivity index (χ3v) is 7.25. The molecular weight excluding hydrogens is 592 g/mol. The number of carbonyl (C=O) groups excluding carboxylic acids is 3. The average molecular weight is 629 g/mol. The molecule has 240 valence electrons. The monoisotopic (exact) mass is 628 g/mol. The number of carboxylic acid groups (broad SMARTS) is 1. The normalized spacial score (nSPS) is 13.5. The number of aromatic nitrogens is 2. The Morgan fingerprint density at radius 1 is 0.652 bits per heavy atom. The van der Waals surface area contributed by atoms with Gasteiger partial charge in [0.15, 0.2) is 0 Å². The van der Waals surface area contributed by atoms with Gasteiger partial charge in [0.2, 0.25) is 17.7 Å². The zero-order chi connectivity index (χ0) is 33.1. The molecule has 0 aliphatic rings. The van der Waals surface area contributed by atoms with Crippen LogP contribution in [-0.2, 0) is 44.9 Å².